The molecular formula is C21H21N5O2. The van der Waals surface area contributed by atoms with Crippen LogP contribution in [0.15, 0.2) is 48.7 Å². The summed E-state index contributed by atoms with van der Waals surface area (Å²) in [6.45, 7) is 4.11. The number of aromatic amines is 1. The molecule has 0 saturated heterocycles. The maximum atomic E-state index is 12.9. The van der Waals surface area contributed by atoms with E-state index in [1.54, 1.807) is 24.4 Å². The number of nitrogens with zero attached hydrogens (tertiary/aromatic N) is 3. The first-order chi connectivity index (χ1) is 13.6. The van der Waals surface area contributed by atoms with Gasteiger partial charge in [0.2, 0.25) is 0 Å². The highest BCUT2D eigenvalue weighted by atomic mass is 16.3. The van der Waals surface area contributed by atoms with Crippen LogP contribution in [0.4, 0.5) is 5.82 Å². The van der Waals surface area contributed by atoms with Crippen molar-refractivity contribution in [1.82, 2.24) is 20.0 Å². The van der Waals surface area contributed by atoms with Crippen molar-refractivity contribution in [3.05, 3.63) is 65.5 Å². The number of carbonyl (C=O) groups excluding carboxylic acids is 1. The van der Waals surface area contributed by atoms with Crippen LogP contribution >= 0.6 is 0 Å². The van der Waals surface area contributed by atoms with E-state index < -0.39 is 0 Å². The van der Waals surface area contributed by atoms with E-state index in [2.05, 4.69) is 27.5 Å². The average Bonchev–Trinajstić information content (AvgIpc) is 3.27. The minimum absolute atomic E-state index is 0.138. The molecule has 0 unspecified atom stereocenters. The SMILES string of the molecule is CCCc1c(C(=O)Nc2n[nH]c3cc(O)ccc23)cnn1-c1ccc(C)cc1. The Balaban J connectivity index is 1.67. The number of amides is 1. The second-order valence-corrected chi connectivity index (χ2v) is 6.76. The van der Waals surface area contributed by atoms with Crippen molar-refractivity contribution >= 4 is 22.6 Å². The first kappa shape index (κ1) is 17.8. The van der Waals surface area contributed by atoms with E-state index in [-0.39, 0.29) is 11.7 Å². The number of aromatic nitrogens is 4. The third kappa shape index (κ3) is 3.22. The van der Waals surface area contributed by atoms with E-state index in [0.717, 1.165) is 29.6 Å². The molecule has 0 bridgehead atoms. The minimum Gasteiger partial charge on any atom is -0.508 e. The zero-order chi connectivity index (χ0) is 19.7. The van der Waals surface area contributed by atoms with Gasteiger partial charge in [-0.3, -0.25) is 9.89 Å². The molecule has 0 aliphatic carbocycles. The van der Waals surface area contributed by atoms with E-state index in [1.165, 1.54) is 5.56 Å². The smallest absolute Gasteiger partial charge is 0.260 e. The van der Waals surface area contributed by atoms with Gasteiger partial charge >= 0.3 is 0 Å². The summed E-state index contributed by atoms with van der Waals surface area (Å²) in [4.78, 5) is 12.9. The van der Waals surface area contributed by atoms with Crippen LogP contribution in [0.1, 0.15) is 35.0 Å². The number of carbonyl (C=O) groups is 1. The number of benzene rings is 2. The molecule has 0 aliphatic heterocycles. The molecule has 0 saturated carbocycles. The molecule has 2 aromatic heterocycles. The molecule has 2 heterocycles. The van der Waals surface area contributed by atoms with Gasteiger partial charge in [0.25, 0.3) is 5.91 Å². The summed E-state index contributed by atoms with van der Waals surface area (Å²) in [5, 5.41) is 24.6. The van der Waals surface area contributed by atoms with Gasteiger partial charge in [-0.05, 0) is 37.6 Å². The third-order valence-corrected chi connectivity index (χ3v) is 4.66. The number of anilines is 1. The molecule has 1 amide bonds. The molecule has 7 heteroatoms. The Hall–Kier alpha value is -3.61. The van der Waals surface area contributed by atoms with Crippen LogP contribution in [-0.4, -0.2) is 31.0 Å². The molecule has 0 radical (unpaired) electrons. The number of phenolic OH excluding ortho intramolecular Hbond substituents is 1. The third-order valence-electron chi connectivity index (χ3n) is 4.66. The van der Waals surface area contributed by atoms with Gasteiger partial charge in [-0.15, -0.1) is 0 Å². The Morgan fingerprint density at radius 1 is 1.21 bits per heavy atom. The lowest BCUT2D eigenvalue weighted by Crippen LogP contribution is -2.15. The number of phenols is 1. The van der Waals surface area contributed by atoms with Crippen molar-refractivity contribution in [1.29, 1.82) is 0 Å². The number of fused-ring (bicyclic) bond motifs is 1. The summed E-state index contributed by atoms with van der Waals surface area (Å²) in [7, 11) is 0. The summed E-state index contributed by atoms with van der Waals surface area (Å²) in [5.41, 5.74) is 4.13. The highest BCUT2D eigenvalue weighted by Gasteiger charge is 2.19. The topological polar surface area (TPSA) is 95.8 Å². The van der Waals surface area contributed by atoms with Crippen LogP contribution in [0.5, 0.6) is 5.75 Å². The van der Waals surface area contributed by atoms with E-state index in [0.29, 0.717) is 16.9 Å². The van der Waals surface area contributed by atoms with Gasteiger partial charge in [0.05, 0.1) is 28.7 Å². The zero-order valence-electron chi connectivity index (χ0n) is 15.7. The van der Waals surface area contributed by atoms with E-state index in [9.17, 15) is 9.90 Å². The molecule has 0 atom stereocenters. The van der Waals surface area contributed by atoms with Crippen LogP contribution in [0, 0.1) is 6.92 Å². The van der Waals surface area contributed by atoms with Crippen LogP contribution in [0.3, 0.4) is 0 Å². The van der Waals surface area contributed by atoms with Crippen molar-refractivity contribution in [3.63, 3.8) is 0 Å². The summed E-state index contributed by atoms with van der Waals surface area (Å²) >= 11 is 0. The van der Waals surface area contributed by atoms with Gasteiger partial charge in [-0.1, -0.05) is 31.0 Å². The first-order valence-corrected chi connectivity index (χ1v) is 9.19. The van der Waals surface area contributed by atoms with Gasteiger partial charge in [-0.25, -0.2) is 4.68 Å². The summed E-state index contributed by atoms with van der Waals surface area (Å²) in [6, 6.07) is 12.9. The zero-order valence-corrected chi connectivity index (χ0v) is 15.7. The fraction of sp³-hybridized carbons (Fsp3) is 0.190. The highest BCUT2D eigenvalue weighted by Crippen LogP contribution is 2.25. The second-order valence-electron chi connectivity index (χ2n) is 6.76. The predicted molar refractivity (Wildman–Crippen MR) is 108 cm³/mol. The molecule has 0 spiro atoms. The van der Waals surface area contributed by atoms with Gasteiger partial charge in [0, 0.05) is 11.5 Å². The van der Waals surface area contributed by atoms with E-state index in [4.69, 9.17) is 0 Å². The maximum absolute atomic E-state index is 12.9. The second kappa shape index (κ2) is 7.19. The van der Waals surface area contributed by atoms with Crippen molar-refractivity contribution in [2.45, 2.75) is 26.7 Å². The van der Waals surface area contributed by atoms with Gasteiger partial charge in [-0.2, -0.15) is 10.2 Å². The normalized spacial score (nSPS) is 11.1. The minimum atomic E-state index is -0.261. The number of rotatable bonds is 5. The summed E-state index contributed by atoms with van der Waals surface area (Å²) in [6.07, 6.45) is 3.22. The average molecular weight is 375 g/mol. The Labute approximate surface area is 162 Å². The molecule has 7 nitrogen and oxygen atoms in total. The van der Waals surface area contributed by atoms with Crippen LogP contribution < -0.4 is 5.32 Å². The van der Waals surface area contributed by atoms with E-state index in [1.807, 2.05) is 35.9 Å². The molecular weight excluding hydrogens is 354 g/mol. The van der Waals surface area contributed by atoms with Crippen LogP contribution in [-0.2, 0) is 6.42 Å². The largest absolute Gasteiger partial charge is 0.508 e. The van der Waals surface area contributed by atoms with Crippen molar-refractivity contribution in [2.24, 2.45) is 0 Å². The quantitative estimate of drug-likeness (QED) is 0.492. The summed E-state index contributed by atoms with van der Waals surface area (Å²) < 4.78 is 1.82. The van der Waals surface area contributed by atoms with Crippen molar-refractivity contribution in [3.8, 4) is 11.4 Å². The number of hydrogen-bond donors (Lipinski definition) is 3. The fourth-order valence-corrected chi connectivity index (χ4v) is 3.23. The summed E-state index contributed by atoms with van der Waals surface area (Å²) in [5.74, 6) is 0.299. The lowest BCUT2D eigenvalue weighted by atomic mass is 10.1. The van der Waals surface area contributed by atoms with E-state index >= 15 is 0 Å². The van der Waals surface area contributed by atoms with Gasteiger partial charge < -0.3 is 10.4 Å². The number of aryl methyl sites for hydroxylation is 1. The molecule has 0 fully saturated rings. The van der Waals surface area contributed by atoms with Crippen molar-refractivity contribution < 1.29 is 9.90 Å². The van der Waals surface area contributed by atoms with Crippen molar-refractivity contribution in [2.75, 3.05) is 5.32 Å². The number of hydrogen-bond acceptors (Lipinski definition) is 4. The standard InChI is InChI=1S/C21H21N5O2/c1-3-4-19-17(12-22-26(19)14-7-5-13(2)6-8-14)21(28)23-20-16-10-9-15(27)11-18(16)24-25-20/h5-12,27H,3-4H2,1-2H3,(H2,23,24,25,28). The number of H-pyrrole nitrogens is 1. The molecule has 0 aliphatic rings. The first-order valence-electron chi connectivity index (χ1n) is 9.19. The lowest BCUT2D eigenvalue weighted by Gasteiger charge is -2.09. The molecule has 2 aromatic carbocycles. The Morgan fingerprint density at radius 2 is 2.00 bits per heavy atom. The number of aromatic hydroxyl groups is 1. The van der Waals surface area contributed by atoms with Crippen LogP contribution in [0.25, 0.3) is 16.6 Å². The molecule has 28 heavy (non-hydrogen) atoms. The monoisotopic (exact) mass is 375 g/mol. The lowest BCUT2D eigenvalue weighted by molar-refractivity contribution is 0.102. The molecule has 4 rings (SSSR count). The predicted octanol–water partition coefficient (Wildman–Crippen LogP) is 3.97. The Kier molecular flexibility index (Phi) is 4.57. The number of nitrogens with one attached hydrogen (secondary N) is 2. The van der Waals surface area contributed by atoms with Gasteiger partial charge in [0.1, 0.15) is 5.75 Å². The Morgan fingerprint density at radius 3 is 2.75 bits per heavy atom. The fourth-order valence-electron chi connectivity index (χ4n) is 3.23. The van der Waals surface area contributed by atoms with Crippen LogP contribution in [0.2, 0.25) is 0 Å². The molecule has 3 N–H and O–H groups in total. The highest BCUT2D eigenvalue weighted by molar-refractivity contribution is 6.08. The molecule has 142 valence electrons. The Bertz CT molecular complexity index is 1140. The maximum Gasteiger partial charge on any atom is 0.260 e. The van der Waals surface area contributed by atoms with Gasteiger partial charge in [0.15, 0.2) is 5.82 Å². The molecule has 4 aromatic rings.